The summed E-state index contributed by atoms with van der Waals surface area (Å²) in [7, 11) is 0. The SMILES string of the molecule is O=c1nc2ccccc2cc2ccccc12. The fourth-order valence-electron chi connectivity index (χ4n) is 1.87. The summed E-state index contributed by atoms with van der Waals surface area (Å²) in [5, 5.41) is 2.58. The molecule has 0 aliphatic heterocycles. The van der Waals surface area contributed by atoms with E-state index in [1.54, 1.807) is 0 Å². The van der Waals surface area contributed by atoms with Gasteiger partial charge in [-0.05, 0) is 23.6 Å². The Morgan fingerprint density at radius 1 is 0.812 bits per heavy atom. The zero-order valence-electron chi connectivity index (χ0n) is 8.55. The Labute approximate surface area is 92.2 Å². The Balaban J connectivity index is 2.65. The fraction of sp³-hybridized carbons (Fsp3) is 0. The highest BCUT2D eigenvalue weighted by atomic mass is 16.1. The van der Waals surface area contributed by atoms with Crippen molar-refractivity contribution >= 4 is 21.7 Å². The third-order valence-corrected chi connectivity index (χ3v) is 2.66. The molecule has 1 heterocycles. The molecule has 0 atom stereocenters. The van der Waals surface area contributed by atoms with Crippen molar-refractivity contribution in [2.45, 2.75) is 0 Å². The van der Waals surface area contributed by atoms with Crippen molar-refractivity contribution in [1.82, 2.24) is 4.98 Å². The summed E-state index contributed by atoms with van der Waals surface area (Å²) in [6, 6.07) is 17.2. The smallest absolute Gasteiger partial charge is 0.267 e. The van der Waals surface area contributed by atoms with Crippen molar-refractivity contribution in [3.05, 3.63) is 65.0 Å². The molecule has 76 valence electrons. The third kappa shape index (κ3) is 1.36. The zero-order chi connectivity index (χ0) is 11.0. The van der Waals surface area contributed by atoms with Crippen molar-refractivity contribution in [2.75, 3.05) is 0 Å². The van der Waals surface area contributed by atoms with E-state index >= 15 is 0 Å². The molecule has 16 heavy (non-hydrogen) atoms. The van der Waals surface area contributed by atoms with Gasteiger partial charge in [-0.1, -0.05) is 36.4 Å². The molecule has 0 spiro atoms. The maximum Gasteiger partial charge on any atom is 0.278 e. The maximum atomic E-state index is 11.9. The van der Waals surface area contributed by atoms with Crippen LogP contribution in [0.15, 0.2) is 59.4 Å². The minimum Gasteiger partial charge on any atom is -0.267 e. The number of hydrogen-bond donors (Lipinski definition) is 0. The number of para-hydroxylation sites is 1. The second-order valence-corrected chi connectivity index (χ2v) is 3.71. The van der Waals surface area contributed by atoms with Gasteiger partial charge in [-0.3, -0.25) is 4.79 Å². The summed E-state index contributed by atoms with van der Waals surface area (Å²) in [6.45, 7) is 0. The van der Waals surface area contributed by atoms with Gasteiger partial charge in [0.05, 0.1) is 5.52 Å². The maximum absolute atomic E-state index is 11.9. The Hall–Kier alpha value is -2.22. The number of fused-ring (bicyclic) bond motifs is 2. The van der Waals surface area contributed by atoms with E-state index in [0.29, 0.717) is 5.39 Å². The van der Waals surface area contributed by atoms with Gasteiger partial charge in [0.1, 0.15) is 0 Å². The topological polar surface area (TPSA) is 30.0 Å². The van der Waals surface area contributed by atoms with Crippen molar-refractivity contribution in [3.8, 4) is 0 Å². The van der Waals surface area contributed by atoms with E-state index < -0.39 is 0 Å². The molecule has 0 radical (unpaired) electrons. The van der Waals surface area contributed by atoms with Crippen LogP contribution in [0.25, 0.3) is 21.7 Å². The highest BCUT2D eigenvalue weighted by Gasteiger charge is 1.99. The van der Waals surface area contributed by atoms with E-state index in [-0.39, 0.29) is 5.56 Å². The van der Waals surface area contributed by atoms with Gasteiger partial charge in [-0.15, -0.1) is 0 Å². The third-order valence-electron chi connectivity index (χ3n) is 2.66. The Bertz CT molecular complexity index is 734. The highest BCUT2D eigenvalue weighted by Crippen LogP contribution is 2.14. The van der Waals surface area contributed by atoms with Crippen molar-refractivity contribution in [1.29, 1.82) is 0 Å². The molecule has 2 nitrogen and oxygen atoms in total. The van der Waals surface area contributed by atoms with Crippen LogP contribution in [0, 0.1) is 0 Å². The molecular formula is C14H9NO. The van der Waals surface area contributed by atoms with Crippen LogP contribution >= 0.6 is 0 Å². The second-order valence-electron chi connectivity index (χ2n) is 3.71. The molecule has 3 aromatic rings. The van der Waals surface area contributed by atoms with Crippen molar-refractivity contribution < 1.29 is 0 Å². The van der Waals surface area contributed by atoms with Gasteiger partial charge in [0, 0.05) is 10.8 Å². The number of benzene rings is 2. The van der Waals surface area contributed by atoms with Crippen LogP contribution in [0.2, 0.25) is 0 Å². The first kappa shape index (κ1) is 9.04. The lowest BCUT2D eigenvalue weighted by molar-refractivity contribution is 1.36. The molecule has 0 N–H and O–H groups in total. The molecule has 2 aromatic carbocycles. The fourth-order valence-corrected chi connectivity index (χ4v) is 1.87. The predicted molar refractivity (Wildman–Crippen MR) is 65.5 cm³/mol. The molecule has 0 bridgehead atoms. The van der Waals surface area contributed by atoms with E-state index in [4.69, 9.17) is 0 Å². The van der Waals surface area contributed by atoms with E-state index in [1.165, 1.54) is 0 Å². The number of aromatic nitrogens is 1. The minimum absolute atomic E-state index is 0.170. The average molecular weight is 207 g/mol. The standard InChI is InChI=1S/C14H9NO/c16-14-12-7-3-1-5-10(12)9-11-6-2-4-8-13(11)15-14/h1-9H. The lowest BCUT2D eigenvalue weighted by atomic mass is 10.1. The van der Waals surface area contributed by atoms with E-state index in [9.17, 15) is 4.79 Å². The summed E-state index contributed by atoms with van der Waals surface area (Å²) in [5.74, 6) is 0. The van der Waals surface area contributed by atoms with Gasteiger partial charge in [-0.2, -0.15) is 0 Å². The Kier molecular flexibility index (Phi) is 1.93. The molecule has 3 rings (SSSR count). The number of hydrogen-bond acceptors (Lipinski definition) is 2. The van der Waals surface area contributed by atoms with Gasteiger partial charge < -0.3 is 0 Å². The summed E-state index contributed by atoms with van der Waals surface area (Å²) in [5.41, 5.74) is 0.570. The first-order valence-electron chi connectivity index (χ1n) is 5.13. The van der Waals surface area contributed by atoms with Gasteiger partial charge >= 0.3 is 0 Å². The minimum atomic E-state index is -0.170. The van der Waals surface area contributed by atoms with Crippen LogP contribution < -0.4 is 5.56 Å². The molecule has 0 saturated heterocycles. The number of nitrogens with zero attached hydrogens (tertiary/aromatic N) is 1. The molecule has 0 aliphatic carbocycles. The predicted octanol–water partition coefficient (Wildman–Crippen LogP) is 2.75. The van der Waals surface area contributed by atoms with Crippen LogP contribution in [0.1, 0.15) is 0 Å². The molecule has 0 fully saturated rings. The summed E-state index contributed by atoms with van der Waals surface area (Å²) >= 11 is 0. The van der Waals surface area contributed by atoms with Gasteiger partial charge in [-0.25, -0.2) is 4.98 Å². The van der Waals surface area contributed by atoms with Crippen LogP contribution in [0.4, 0.5) is 0 Å². The normalized spacial score (nSPS) is 10.8. The van der Waals surface area contributed by atoms with E-state index in [1.807, 2.05) is 54.6 Å². The molecule has 0 amide bonds. The first-order chi connectivity index (χ1) is 7.84. The highest BCUT2D eigenvalue weighted by molar-refractivity contribution is 5.90. The van der Waals surface area contributed by atoms with Crippen LogP contribution in [-0.4, -0.2) is 4.98 Å². The Morgan fingerprint density at radius 3 is 2.38 bits per heavy atom. The van der Waals surface area contributed by atoms with E-state index in [0.717, 1.165) is 16.3 Å². The van der Waals surface area contributed by atoms with Gasteiger partial charge in [0.25, 0.3) is 5.56 Å². The molecule has 0 saturated carbocycles. The molecule has 1 aromatic heterocycles. The molecule has 0 unspecified atom stereocenters. The lowest BCUT2D eigenvalue weighted by Crippen LogP contribution is -2.01. The summed E-state index contributed by atoms with van der Waals surface area (Å²) < 4.78 is 0. The monoisotopic (exact) mass is 207 g/mol. The van der Waals surface area contributed by atoms with Crippen molar-refractivity contribution in [2.24, 2.45) is 0 Å². The molecular weight excluding hydrogens is 198 g/mol. The average Bonchev–Trinajstić information content (AvgIpc) is 2.45. The van der Waals surface area contributed by atoms with Crippen LogP contribution in [0.5, 0.6) is 0 Å². The Morgan fingerprint density at radius 2 is 1.50 bits per heavy atom. The van der Waals surface area contributed by atoms with Gasteiger partial charge in [0.2, 0.25) is 0 Å². The first-order valence-corrected chi connectivity index (χ1v) is 5.13. The summed E-state index contributed by atoms with van der Waals surface area (Å²) in [6.07, 6.45) is 0. The lowest BCUT2D eigenvalue weighted by Gasteiger charge is -1.88. The van der Waals surface area contributed by atoms with Crippen LogP contribution in [-0.2, 0) is 0 Å². The van der Waals surface area contributed by atoms with Gasteiger partial charge in [0.15, 0.2) is 0 Å². The van der Waals surface area contributed by atoms with Crippen LogP contribution in [0.3, 0.4) is 0 Å². The van der Waals surface area contributed by atoms with Crippen molar-refractivity contribution in [3.63, 3.8) is 0 Å². The quantitative estimate of drug-likeness (QED) is 0.567. The largest absolute Gasteiger partial charge is 0.278 e. The molecule has 2 heteroatoms. The number of rotatable bonds is 0. The summed E-state index contributed by atoms with van der Waals surface area (Å²) in [4.78, 5) is 16.0. The second kappa shape index (κ2) is 3.42. The molecule has 0 aliphatic rings. The van der Waals surface area contributed by atoms with E-state index in [2.05, 4.69) is 4.98 Å². The zero-order valence-corrected chi connectivity index (χ0v) is 8.55.